The molecular formula is C15H14BrNO3S. The first-order valence-electron chi connectivity index (χ1n) is 6.33. The number of carbonyl (C=O) groups excluding carboxylic acids is 2. The Morgan fingerprint density at radius 1 is 1.24 bits per heavy atom. The first kappa shape index (κ1) is 15.9. The van der Waals surface area contributed by atoms with Crippen LogP contribution < -0.4 is 0 Å². The third kappa shape index (κ3) is 3.77. The van der Waals surface area contributed by atoms with Crippen LogP contribution in [0.1, 0.15) is 37.7 Å². The van der Waals surface area contributed by atoms with Gasteiger partial charge in [-0.15, -0.1) is 11.3 Å². The molecular weight excluding hydrogens is 354 g/mol. The van der Waals surface area contributed by atoms with Crippen LogP contribution in [0.4, 0.5) is 0 Å². The standard InChI is InChI=1S/C15H14BrNO3S/c1-8-14(21-10(3)17-8)15(19)20-9(2)13(18)11-4-6-12(16)7-5-11/h4-7,9H,1-3H3/t9-/m1/s1. The van der Waals surface area contributed by atoms with Crippen molar-refractivity contribution in [2.75, 3.05) is 0 Å². The molecule has 6 heteroatoms. The predicted octanol–water partition coefficient (Wildman–Crippen LogP) is 3.95. The molecule has 1 atom stereocenters. The minimum absolute atomic E-state index is 0.227. The Morgan fingerprint density at radius 2 is 1.86 bits per heavy atom. The number of rotatable bonds is 4. The van der Waals surface area contributed by atoms with Gasteiger partial charge >= 0.3 is 5.97 Å². The number of carbonyl (C=O) groups is 2. The summed E-state index contributed by atoms with van der Waals surface area (Å²) in [4.78, 5) is 28.9. The smallest absolute Gasteiger partial charge is 0.350 e. The molecule has 110 valence electrons. The van der Waals surface area contributed by atoms with E-state index in [1.165, 1.54) is 11.3 Å². The lowest BCUT2D eigenvalue weighted by Crippen LogP contribution is -2.24. The van der Waals surface area contributed by atoms with E-state index >= 15 is 0 Å². The number of aryl methyl sites for hydroxylation is 2. The summed E-state index contributed by atoms with van der Waals surface area (Å²) in [5.41, 5.74) is 1.14. The van der Waals surface area contributed by atoms with Crippen LogP contribution in [0.15, 0.2) is 28.7 Å². The fourth-order valence-electron chi connectivity index (χ4n) is 1.84. The van der Waals surface area contributed by atoms with Gasteiger partial charge in [-0.05, 0) is 32.9 Å². The molecule has 2 rings (SSSR count). The van der Waals surface area contributed by atoms with Crippen LogP contribution in [-0.4, -0.2) is 22.8 Å². The van der Waals surface area contributed by atoms with Crippen LogP contribution >= 0.6 is 27.3 Å². The summed E-state index contributed by atoms with van der Waals surface area (Å²) in [6, 6.07) is 6.94. The molecule has 1 aromatic heterocycles. The van der Waals surface area contributed by atoms with Crippen molar-refractivity contribution in [2.45, 2.75) is 26.9 Å². The summed E-state index contributed by atoms with van der Waals surface area (Å²) in [5.74, 6) is -0.731. The van der Waals surface area contributed by atoms with Gasteiger partial charge in [0.1, 0.15) is 4.88 Å². The summed E-state index contributed by atoms with van der Waals surface area (Å²) in [5, 5.41) is 0.798. The van der Waals surface area contributed by atoms with Crippen LogP contribution in [0.5, 0.6) is 0 Å². The van der Waals surface area contributed by atoms with Gasteiger partial charge in [0.2, 0.25) is 5.78 Å². The van der Waals surface area contributed by atoms with Gasteiger partial charge in [0.15, 0.2) is 6.10 Å². The van der Waals surface area contributed by atoms with Gasteiger partial charge in [0.05, 0.1) is 10.7 Å². The molecule has 1 aromatic carbocycles. The van der Waals surface area contributed by atoms with E-state index in [9.17, 15) is 9.59 Å². The van der Waals surface area contributed by atoms with Crippen LogP contribution in [0.2, 0.25) is 0 Å². The second-order valence-corrected chi connectivity index (χ2v) is 6.68. The zero-order valence-electron chi connectivity index (χ0n) is 11.8. The topological polar surface area (TPSA) is 56.3 Å². The summed E-state index contributed by atoms with van der Waals surface area (Å²) >= 11 is 4.58. The van der Waals surface area contributed by atoms with Gasteiger partial charge in [0.25, 0.3) is 0 Å². The fourth-order valence-corrected chi connectivity index (χ4v) is 2.90. The van der Waals surface area contributed by atoms with Gasteiger partial charge in [-0.1, -0.05) is 28.1 Å². The lowest BCUT2D eigenvalue weighted by atomic mass is 10.1. The maximum atomic E-state index is 12.2. The van der Waals surface area contributed by atoms with E-state index in [-0.39, 0.29) is 5.78 Å². The maximum absolute atomic E-state index is 12.2. The molecule has 0 bridgehead atoms. The van der Waals surface area contributed by atoms with Crippen LogP contribution in [0.3, 0.4) is 0 Å². The van der Waals surface area contributed by atoms with E-state index in [0.717, 1.165) is 9.48 Å². The van der Waals surface area contributed by atoms with Crippen molar-refractivity contribution in [2.24, 2.45) is 0 Å². The highest BCUT2D eigenvalue weighted by Gasteiger charge is 2.23. The number of Topliss-reactive ketones (excluding diaryl/α,β-unsaturated/α-hetero) is 1. The zero-order valence-corrected chi connectivity index (χ0v) is 14.2. The van der Waals surface area contributed by atoms with Crippen LogP contribution in [0, 0.1) is 13.8 Å². The van der Waals surface area contributed by atoms with E-state index in [1.807, 2.05) is 6.92 Å². The third-order valence-electron chi connectivity index (χ3n) is 2.87. The van der Waals surface area contributed by atoms with Crippen molar-refractivity contribution in [3.05, 3.63) is 49.9 Å². The maximum Gasteiger partial charge on any atom is 0.350 e. The normalized spacial score (nSPS) is 12.0. The summed E-state index contributed by atoms with van der Waals surface area (Å²) < 4.78 is 6.14. The van der Waals surface area contributed by atoms with Gasteiger partial charge in [-0.3, -0.25) is 4.79 Å². The van der Waals surface area contributed by atoms with Crippen molar-refractivity contribution in [1.29, 1.82) is 0 Å². The highest BCUT2D eigenvalue weighted by molar-refractivity contribution is 9.10. The number of esters is 1. The molecule has 0 aliphatic carbocycles. The van der Waals surface area contributed by atoms with Gasteiger partial charge < -0.3 is 4.74 Å². The molecule has 0 saturated carbocycles. The first-order valence-corrected chi connectivity index (χ1v) is 7.94. The third-order valence-corrected chi connectivity index (χ3v) is 4.45. The lowest BCUT2D eigenvalue weighted by Gasteiger charge is -2.11. The van der Waals surface area contributed by atoms with Crippen molar-refractivity contribution in [1.82, 2.24) is 4.98 Å². The van der Waals surface area contributed by atoms with Gasteiger partial charge in [-0.25, -0.2) is 9.78 Å². The first-order chi connectivity index (χ1) is 9.88. The molecule has 0 aliphatic rings. The average molecular weight is 368 g/mol. The Balaban J connectivity index is 2.08. The Kier molecular flexibility index (Phi) is 4.90. The van der Waals surface area contributed by atoms with E-state index in [4.69, 9.17) is 4.74 Å². The van der Waals surface area contributed by atoms with Gasteiger partial charge in [0, 0.05) is 10.0 Å². The molecule has 0 amide bonds. The molecule has 0 aliphatic heterocycles. The SMILES string of the molecule is Cc1nc(C)c(C(=O)O[C@H](C)C(=O)c2ccc(Br)cc2)s1. The molecule has 4 nitrogen and oxygen atoms in total. The highest BCUT2D eigenvalue weighted by atomic mass is 79.9. The van der Waals surface area contributed by atoms with E-state index < -0.39 is 12.1 Å². The van der Waals surface area contributed by atoms with Crippen molar-refractivity contribution >= 4 is 39.0 Å². The average Bonchev–Trinajstić information content (AvgIpc) is 2.77. The second kappa shape index (κ2) is 6.49. The fraction of sp³-hybridized carbons (Fsp3) is 0.267. The number of hydrogen-bond donors (Lipinski definition) is 0. The molecule has 21 heavy (non-hydrogen) atoms. The molecule has 1 heterocycles. The van der Waals surface area contributed by atoms with Crippen LogP contribution in [-0.2, 0) is 4.74 Å². The molecule has 0 N–H and O–H groups in total. The van der Waals surface area contributed by atoms with Crippen molar-refractivity contribution in [3.63, 3.8) is 0 Å². The number of hydrogen-bond acceptors (Lipinski definition) is 5. The van der Waals surface area contributed by atoms with Crippen molar-refractivity contribution in [3.8, 4) is 0 Å². The Morgan fingerprint density at radius 3 is 2.38 bits per heavy atom. The van der Waals surface area contributed by atoms with Crippen LogP contribution in [0.25, 0.3) is 0 Å². The number of ether oxygens (including phenoxy) is 1. The number of nitrogens with zero attached hydrogens (tertiary/aromatic N) is 1. The Bertz CT molecular complexity index is 679. The predicted molar refractivity (Wildman–Crippen MR) is 84.9 cm³/mol. The molecule has 0 radical (unpaired) electrons. The molecule has 0 unspecified atom stereocenters. The number of halogens is 1. The Labute approximate surface area is 135 Å². The lowest BCUT2D eigenvalue weighted by molar-refractivity contribution is 0.0322. The van der Waals surface area contributed by atoms with E-state index in [0.29, 0.717) is 16.1 Å². The van der Waals surface area contributed by atoms with Gasteiger partial charge in [-0.2, -0.15) is 0 Å². The molecule has 0 spiro atoms. The molecule has 0 saturated heterocycles. The molecule has 0 fully saturated rings. The number of aromatic nitrogens is 1. The largest absolute Gasteiger partial charge is 0.450 e. The summed E-state index contributed by atoms with van der Waals surface area (Å²) in [6.07, 6.45) is -0.833. The number of benzene rings is 1. The Hall–Kier alpha value is -1.53. The van der Waals surface area contributed by atoms with E-state index in [1.54, 1.807) is 38.1 Å². The summed E-state index contributed by atoms with van der Waals surface area (Å²) in [7, 11) is 0. The minimum Gasteiger partial charge on any atom is -0.450 e. The van der Waals surface area contributed by atoms with Crippen molar-refractivity contribution < 1.29 is 14.3 Å². The quantitative estimate of drug-likeness (QED) is 0.606. The minimum atomic E-state index is -0.833. The number of ketones is 1. The highest BCUT2D eigenvalue weighted by Crippen LogP contribution is 2.20. The zero-order chi connectivity index (χ0) is 15.6. The summed E-state index contributed by atoms with van der Waals surface area (Å²) in [6.45, 7) is 5.15. The second-order valence-electron chi connectivity index (χ2n) is 4.57. The monoisotopic (exact) mass is 367 g/mol. The molecule has 2 aromatic rings. The number of thiazole rings is 1. The van der Waals surface area contributed by atoms with E-state index in [2.05, 4.69) is 20.9 Å².